The van der Waals surface area contributed by atoms with E-state index in [1.165, 1.54) is 5.57 Å². The maximum atomic E-state index is 10.8. The molecule has 1 amide bonds. The molecular formula is C15H23N3O. The molecule has 2 aliphatic heterocycles. The van der Waals surface area contributed by atoms with Gasteiger partial charge in [0.2, 0.25) is 6.41 Å². The van der Waals surface area contributed by atoms with Crippen molar-refractivity contribution >= 4 is 12.2 Å². The molecule has 0 aliphatic carbocycles. The lowest BCUT2D eigenvalue weighted by molar-refractivity contribution is -0.120. The fourth-order valence-corrected chi connectivity index (χ4v) is 3.15. The molecule has 0 radical (unpaired) electrons. The van der Waals surface area contributed by atoms with Gasteiger partial charge >= 0.3 is 0 Å². The van der Waals surface area contributed by atoms with Crippen LogP contribution in [0.25, 0.3) is 0 Å². The van der Waals surface area contributed by atoms with Crippen LogP contribution in [0.3, 0.4) is 0 Å². The minimum atomic E-state index is 0.244. The molecule has 0 unspecified atom stereocenters. The Kier molecular flexibility index (Phi) is 4.08. The van der Waals surface area contributed by atoms with Crippen molar-refractivity contribution in [2.45, 2.75) is 33.2 Å². The first-order chi connectivity index (χ1) is 9.02. The Morgan fingerprint density at radius 3 is 2.74 bits per heavy atom. The molecule has 2 heterocycles. The SMILES string of the molecule is CC(=N)N1C=CC([C@H]2CCN(C=O)C[C@H]2C)=C[C@@H]1C. The first kappa shape index (κ1) is 13.8. The molecule has 104 valence electrons. The number of rotatable bonds is 2. The van der Waals surface area contributed by atoms with Gasteiger partial charge in [0, 0.05) is 19.3 Å². The van der Waals surface area contributed by atoms with Gasteiger partial charge < -0.3 is 9.80 Å². The Hall–Kier alpha value is -1.58. The minimum absolute atomic E-state index is 0.244. The van der Waals surface area contributed by atoms with E-state index in [0.29, 0.717) is 17.7 Å². The first-order valence-electron chi connectivity index (χ1n) is 6.95. The summed E-state index contributed by atoms with van der Waals surface area (Å²) in [5.41, 5.74) is 1.36. The second-order valence-electron chi connectivity index (χ2n) is 5.69. The van der Waals surface area contributed by atoms with Gasteiger partial charge in [0.15, 0.2) is 0 Å². The Bertz CT molecular complexity index is 427. The average molecular weight is 261 g/mol. The van der Waals surface area contributed by atoms with E-state index in [1.54, 1.807) is 0 Å². The second-order valence-corrected chi connectivity index (χ2v) is 5.69. The van der Waals surface area contributed by atoms with E-state index in [1.807, 2.05) is 22.9 Å². The number of allylic oxidation sites excluding steroid dienone is 2. The van der Waals surface area contributed by atoms with Crippen molar-refractivity contribution in [2.75, 3.05) is 13.1 Å². The van der Waals surface area contributed by atoms with Crippen molar-refractivity contribution in [3.63, 3.8) is 0 Å². The van der Waals surface area contributed by atoms with Crippen molar-refractivity contribution < 1.29 is 4.79 Å². The van der Waals surface area contributed by atoms with Gasteiger partial charge in [-0.2, -0.15) is 0 Å². The van der Waals surface area contributed by atoms with Crippen molar-refractivity contribution in [1.82, 2.24) is 9.80 Å². The number of amides is 1. The summed E-state index contributed by atoms with van der Waals surface area (Å²) in [6.07, 6.45) is 8.40. The summed E-state index contributed by atoms with van der Waals surface area (Å²) >= 11 is 0. The summed E-state index contributed by atoms with van der Waals surface area (Å²) in [5.74, 6) is 1.60. The normalized spacial score (nSPS) is 31.1. The smallest absolute Gasteiger partial charge is 0.209 e. The third-order valence-electron chi connectivity index (χ3n) is 4.20. The van der Waals surface area contributed by atoms with E-state index in [-0.39, 0.29) is 6.04 Å². The molecule has 0 spiro atoms. The van der Waals surface area contributed by atoms with Crippen LogP contribution in [-0.2, 0) is 4.79 Å². The number of amidine groups is 1. The van der Waals surface area contributed by atoms with Gasteiger partial charge in [-0.25, -0.2) is 0 Å². The molecule has 2 aliphatic rings. The third kappa shape index (κ3) is 2.88. The topological polar surface area (TPSA) is 47.4 Å². The van der Waals surface area contributed by atoms with Gasteiger partial charge in [-0.3, -0.25) is 10.2 Å². The molecule has 0 aromatic rings. The van der Waals surface area contributed by atoms with Crippen LogP contribution >= 0.6 is 0 Å². The number of carbonyl (C=O) groups excluding carboxylic acids is 1. The number of carbonyl (C=O) groups is 1. The van der Waals surface area contributed by atoms with Crippen molar-refractivity contribution in [3.8, 4) is 0 Å². The molecule has 0 aromatic heterocycles. The minimum Gasteiger partial charge on any atom is -0.345 e. The maximum absolute atomic E-state index is 10.8. The molecular weight excluding hydrogens is 238 g/mol. The van der Waals surface area contributed by atoms with E-state index in [9.17, 15) is 4.79 Å². The lowest BCUT2D eigenvalue weighted by Crippen LogP contribution is -2.40. The van der Waals surface area contributed by atoms with E-state index >= 15 is 0 Å². The largest absolute Gasteiger partial charge is 0.345 e. The van der Waals surface area contributed by atoms with Crippen LogP contribution in [0.4, 0.5) is 0 Å². The Balaban J connectivity index is 2.08. The number of piperidine rings is 1. The Labute approximate surface area is 115 Å². The highest BCUT2D eigenvalue weighted by atomic mass is 16.1. The fraction of sp³-hybridized carbons (Fsp3) is 0.600. The summed E-state index contributed by atoms with van der Waals surface area (Å²) < 4.78 is 0. The van der Waals surface area contributed by atoms with E-state index in [0.717, 1.165) is 25.9 Å². The molecule has 4 nitrogen and oxygen atoms in total. The second kappa shape index (κ2) is 5.59. The number of likely N-dealkylation sites (tertiary alicyclic amines) is 1. The summed E-state index contributed by atoms with van der Waals surface area (Å²) in [6.45, 7) is 7.85. The Morgan fingerprint density at radius 1 is 1.47 bits per heavy atom. The van der Waals surface area contributed by atoms with Gasteiger partial charge in [-0.05, 0) is 43.8 Å². The Morgan fingerprint density at radius 2 is 2.21 bits per heavy atom. The monoisotopic (exact) mass is 261 g/mol. The van der Waals surface area contributed by atoms with Crippen molar-refractivity contribution in [3.05, 3.63) is 23.9 Å². The summed E-state index contributed by atoms with van der Waals surface area (Å²) in [5, 5.41) is 7.72. The molecule has 3 atom stereocenters. The van der Waals surface area contributed by atoms with Crippen molar-refractivity contribution in [1.29, 1.82) is 5.41 Å². The standard InChI is InChI=1S/C15H23N3O/c1-11-9-17(10-19)6-5-15(11)14-4-7-18(13(3)16)12(2)8-14/h4,7-8,10-12,15-16H,5-6,9H2,1-3H3/t11-,12+,15+/m1/s1. The highest BCUT2D eigenvalue weighted by molar-refractivity contribution is 5.78. The zero-order valence-electron chi connectivity index (χ0n) is 12.0. The van der Waals surface area contributed by atoms with Crippen molar-refractivity contribution in [2.24, 2.45) is 11.8 Å². The number of hydrogen-bond donors (Lipinski definition) is 1. The average Bonchev–Trinajstić information content (AvgIpc) is 2.37. The zero-order chi connectivity index (χ0) is 14.0. The molecule has 19 heavy (non-hydrogen) atoms. The van der Waals surface area contributed by atoms with Gasteiger partial charge in [-0.1, -0.05) is 13.0 Å². The molecule has 4 heteroatoms. The van der Waals surface area contributed by atoms with Crippen LogP contribution in [0.2, 0.25) is 0 Å². The molecule has 2 rings (SSSR count). The summed E-state index contributed by atoms with van der Waals surface area (Å²) in [6, 6.07) is 0.244. The van der Waals surface area contributed by atoms with Gasteiger partial charge in [0.25, 0.3) is 0 Å². The van der Waals surface area contributed by atoms with Crippen LogP contribution in [0, 0.1) is 17.2 Å². The zero-order valence-corrected chi connectivity index (χ0v) is 12.0. The van der Waals surface area contributed by atoms with Crippen LogP contribution in [-0.4, -0.2) is 41.2 Å². The fourth-order valence-electron chi connectivity index (χ4n) is 3.15. The van der Waals surface area contributed by atoms with E-state index < -0.39 is 0 Å². The molecule has 1 saturated heterocycles. The van der Waals surface area contributed by atoms with E-state index in [4.69, 9.17) is 5.41 Å². The summed E-state index contributed by atoms with van der Waals surface area (Å²) in [7, 11) is 0. The first-order valence-corrected chi connectivity index (χ1v) is 6.95. The van der Waals surface area contributed by atoms with Gasteiger partial charge in [-0.15, -0.1) is 0 Å². The highest BCUT2D eigenvalue weighted by Crippen LogP contribution is 2.32. The third-order valence-corrected chi connectivity index (χ3v) is 4.20. The predicted molar refractivity (Wildman–Crippen MR) is 76.8 cm³/mol. The van der Waals surface area contributed by atoms with Gasteiger partial charge in [0.05, 0.1) is 11.9 Å². The van der Waals surface area contributed by atoms with Crippen LogP contribution in [0.1, 0.15) is 27.2 Å². The molecule has 0 aromatic carbocycles. The number of nitrogens with one attached hydrogen (secondary N) is 1. The maximum Gasteiger partial charge on any atom is 0.209 e. The molecule has 0 bridgehead atoms. The lowest BCUT2D eigenvalue weighted by atomic mass is 9.80. The van der Waals surface area contributed by atoms with Gasteiger partial charge in [0.1, 0.15) is 0 Å². The number of hydrogen-bond acceptors (Lipinski definition) is 2. The molecule has 1 N–H and O–H groups in total. The highest BCUT2D eigenvalue weighted by Gasteiger charge is 2.29. The van der Waals surface area contributed by atoms with Crippen LogP contribution in [0.5, 0.6) is 0 Å². The van der Waals surface area contributed by atoms with E-state index in [2.05, 4.69) is 26.0 Å². The summed E-state index contributed by atoms with van der Waals surface area (Å²) in [4.78, 5) is 14.7. The molecule has 1 fully saturated rings. The van der Waals surface area contributed by atoms with Crippen LogP contribution in [0.15, 0.2) is 23.9 Å². The quantitative estimate of drug-likeness (QED) is 0.471. The predicted octanol–water partition coefficient (Wildman–Crippen LogP) is 2.24. The van der Waals surface area contributed by atoms with Crippen LogP contribution < -0.4 is 0 Å². The number of nitrogens with zero attached hydrogens (tertiary/aromatic N) is 2. The lowest BCUT2D eigenvalue weighted by Gasteiger charge is -2.38. The molecule has 0 saturated carbocycles.